The lowest BCUT2D eigenvalue weighted by atomic mass is 10.2. The summed E-state index contributed by atoms with van der Waals surface area (Å²) in [7, 11) is 0. The van der Waals surface area contributed by atoms with Crippen molar-refractivity contribution in [3.05, 3.63) is 60.2 Å². The zero-order valence-corrected chi connectivity index (χ0v) is 11.6. The minimum atomic E-state index is 0.0929. The van der Waals surface area contributed by atoms with Gasteiger partial charge < -0.3 is 10.8 Å². The second kappa shape index (κ2) is 6.01. The average molecular weight is 291 g/mol. The van der Waals surface area contributed by atoms with E-state index < -0.39 is 0 Å². The summed E-state index contributed by atoms with van der Waals surface area (Å²) in [5.41, 5.74) is 7.15. The van der Waals surface area contributed by atoms with Crippen molar-refractivity contribution >= 4 is 18.1 Å². The van der Waals surface area contributed by atoms with Gasteiger partial charge in [-0.15, -0.1) is 0 Å². The first kappa shape index (κ1) is 13.7. The van der Waals surface area contributed by atoms with Gasteiger partial charge in [0.25, 0.3) is 0 Å². The number of anilines is 1. The van der Waals surface area contributed by atoms with E-state index in [1.54, 1.807) is 42.7 Å². The minimum absolute atomic E-state index is 0.0929. The van der Waals surface area contributed by atoms with E-state index in [4.69, 9.17) is 5.73 Å². The van der Waals surface area contributed by atoms with Crippen molar-refractivity contribution in [2.45, 2.75) is 0 Å². The Kier molecular flexibility index (Phi) is 3.74. The Labute approximate surface area is 127 Å². The lowest BCUT2D eigenvalue weighted by Crippen LogP contribution is -2.02. The summed E-state index contributed by atoms with van der Waals surface area (Å²) < 4.78 is 0. The van der Waals surface area contributed by atoms with Crippen LogP contribution in [0.3, 0.4) is 0 Å². The normalized spacial score (nSPS) is 10.9. The molecule has 0 saturated carbocycles. The van der Waals surface area contributed by atoms with E-state index in [1.807, 2.05) is 18.2 Å². The number of para-hydroxylation sites is 1. The van der Waals surface area contributed by atoms with E-state index in [2.05, 4.69) is 19.9 Å². The van der Waals surface area contributed by atoms with Gasteiger partial charge in [0.1, 0.15) is 5.75 Å². The van der Waals surface area contributed by atoms with Crippen LogP contribution in [-0.2, 0) is 0 Å². The molecular weight excluding hydrogens is 278 g/mol. The molecule has 0 aliphatic carbocycles. The molecule has 3 aromatic rings. The highest BCUT2D eigenvalue weighted by Gasteiger charge is 2.09. The average Bonchev–Trinajstić information content (AvgIpc) is 2.54. The molecule has 3 rings (SSSR count). The molecule has 0 aliphatic rings. The molecule has 0 radical (unpaired) electrons. The van der Waals surface area contributed by atoms with Crippen LogP contribution in [0.15, 0.2) is 48.8 Å². The van der Waals surface area contributed by atoms with Gasteiger partial charge in [0.05, 0.1) is 5.56 Å². The third-order valence-corrected chi connectivity index (χ3v) is 2.92. The zero-order chi connectivity index (χ0) is 15.4. The Morgan fingerprint density at radius 2 is 1.82 bits per heavy atom. The van der Waals surface area contributed by atoms with Gasteiger partial charge in [-0.3, -0.25) is 4.98 Å². The first-order valence-corrected chi connectivity index (χ1v) is 6.60. The number of rotatable bonds is 3. The van der Waals surface area contributed by atoms with Crippen LogP contribution in [0, 0.1) is 0 Å². The van der Waals surface area contributed by atoms with Crippen LogP contribution in [0.25, 0.3) is 23.5 Å². The summed E-state index contributed by atoms with van der Waals surface area (Å²) in [6, 6.07) is 10.6. The lowest BCUT2D eigenvalue weighted by molar-refractivity contribution is 0.477. The fourth-order valence-electron chi connectivity index (χ4n) is 1.91. The smallest absolute Gasteiger partial charge is 0.224 e. The number of pyridine rings is 1. The number of aromatic hydroxyl groups is 1. The third kappa shape index (κ3) is 3.06. The topological polar surface area (TPSA) is 97.8 Å². The summed E-state index contributed by atoms with van der Waals surface area (Å²) in [5.74, 6) is 0.931. The van der Waals surface area contributed by atoms with Gasteiger partial charge in [0.15, 0.2) is 11.6 Å². The predicted octanol–water partition coefficient (Wildman–Crippen LogP) is 2.39. The maximum absolute atomic E-state index is 9.89. The Bertz CT molecular complexity index is 818. The number of hydrogen-bond acceptors (Lipinski definition) is 6. The Morgan fingerprint density at radius 1 is 0.955 bits per heavy atom. The fraction of sp³-hybridized carbons (Fsp3) is 0. The molecule has 1 aromatic carbocycles. The van der Waals surface area contributed by atoms with E-state index in [-0.39, 0.29) is 11.7 Å². The zero-order valence-electron chi connectivity index (χ0n) is 11.6. The first-order chi connectivity index (χ1) is 10.7. The molecule has 22 heavy (non-hydrogen) atoms. The van der Waals surface area contributed by atoms with Crippen LogP contribution in [0.1, 0.15) is 11.4 Å². The summed E-state index contributed by atoms with van der Waals surface area (Å²) >= 11 is 0. The van der Waals surface area contributed by atoms with Gasteiger partial charge in [-0.1, -0.05) is 18.2 Å². The highest BCUT2D eigenvalue weighted by Crippen LogP contribution is 2.25. The second-order valence-electron chi connectivity index (χ2n) is 4.51. The number of phenols is 1. The molecule has 3 N–H and O–H groups in total. The summed E-state index contributed by atoms with van der Waals surface area (Å²) in [6.07, 6.45) is 6.98. The quantitative estimate of drug-likeness (QED) is 0.769. The van der Waals surface area contributed by atoms with E-state index in [1.165, 1.54) is 0 Å². The SMILES string of the molecule is Nc1nc(/C=C/c2cccnc2)nc(-c2ccccc2O)n1. The van der Waals surface area contributed by atoms with Crippen molar-refractivity contribution in [2.24, 2.45) is 0 Å². The molecule has 0 spiro atoms. The molecule has 0 saturated heterocycles. The minimum Gasteiger partial charge on any atom is -0.507 e. The van der Waals surface area contributed by atoms with E-state index >= 15 is 0 Å². The molecule has 6 heteroatoms. The van der Waals surface area contributed by atoms with Crippen LogP contribution in [0.5, 0.6) is 5.75 Å². The van der Waals surface area contributed by atoms with Gasteiger partial charge in [-0.05, 0) is 35.9 Å². The monoisotopic (exact) mass is 291 g/mol. The highest BCUT2D eigenvalue weighted by molar-refractivity contribution is 5.69. The van der Waals surface area contributed by atoms with Gasteiger partial charge in [0.2, 0.25) is 5.95 Å². The number of nitrogens with zero attached hydrogens (tertiary/aromatic N) is 4. The Hall–Kier alpha value is -3.28. The van der Waals surface area contributed by atoms with E-state index in [0.717, 1.165) is 5.56 Å². The molecule has 0 aliphatic heterocycles. The summed E-state index contributed by atoms with van der Waals surface area (Å²) in [5, 5.41) is 9.89. The Morgan fingerprint density at radius 3 is 2.59 bits per heavy atom. The van der Waals surface area contributed by atoms with Crippen molar-refractivity contribution < 1.29 is 5.11 Å². The molecule has 0 bridgehead atoms. The second-order valence-corrected chi connectivity index (χ2v) is 4.51. The number of aromatic nitrogens is 4. The standard InChI is InChI=1S/C16H13N5O/c17-16-20-14(8-7-11-4-3-9-18-10-11)19-15(21-16)12-5-1-2-6-13(12)22/h1-10,22H,(H2,17,19,20,21)/b8-7+. The molecule has 2 heterocycles. The van der Waals surface area contributed by atoms with Crippen LogP contribution in [-0.4, -0.2) is 25.0 Å². The number of nitrogen functional groups attached to an aromatic ring is 1. The number of benzene rings is 1. The number of phenolic OH excluding ortho intramolecular Hbond substituents is 1. The number of hydrogen-bond donors (Lipinski definition) is 2. The van der Waals surface area contributed by atoms with Crippen LogP contribution >= 0.6 is 0 Å². The van der Waals surface area contributed by atoms with Crippen molar-refractivity contribution in [1.29, 1.82) is 0 Å². The first-order valence-electron chi connectivity index (χ1n) is 6.60. The van der Waals surface area contributed by atoms with Gasteiger partial charge >= 0.3 is 0 Å². The number of nitrogens with two attached hydrogens (primary N) is 1. The molecule has 108 valence electrons. The fourth-order valence-corrected chi connectivity index (χ4v) is 1.91. The summed E-state index contributed by atoms with van der Waals surface area (Å²) in [4.78, 5) is 16.5. The van der Waals surface area contributed by atoms with Crippen LogP contribution < -0.4 is 5.73 Å². The summed E-state index contributed by atoms with van der Waals surface area (Å²) in [6.45, 7) is 0. The molecule has 0 amide bonds. The maximum atomic E-state index is 9.89. The molecule has 6 nitrogen and oxygen atoms in total. The predicted molar refractivity (Wildman–Crippen MR) is 84.5 cm³/mol. The highest BCUT2D eigenvalue weighted by atomic mass is 16.3. The van der Waals surface area contributed by atoms with Gasteiger partial charge in [-0.2, -0.15) is 9.97 Å². The van der Waals surface area contributed by atoms with Crippen LogP contribution in [0.2, 0.25) is 0 Å². The van der Waals surface area contributed by atoms with Crippen LogP contribution in [0.4, 0.5) is 5.95 Å². The molecule has 0 atom stereocenters. The molecule has 2 aromatic heterocycles. The lowest BCUT2D eigenvalue weighted by Gasteiger charge is -2.04. The molecular formula is C16H13N5O. The van der Waals surface area contributed by atoms with Gasteiger partial charge in [-0.25, -0.2) is 4.98 Å². The van der Waals surface area contributed by atoms with E-state index in [0.29, 0.717) is 17.2 Å². The van der Waals surface area contributed by atoms with Crippen molar-refractivity contribution in [1.82, 2.24) is 19.9 Å². The Balaban J connectivity index is 1.97. The molecule has 0 fully saturated rings. The largest absolute Gasteiger partial charge is 0.507 e. The molecule has 0 unspecified atom stereocenters. The third-order valence-electron chi connectivity index (χ3n) is 2.92. The van der Waals surface area contributed by atoms with Crippen molar-refractivity contribution in [3.63, 3.8) is 0 Å². The van der Waals surface area contributed by atoms with Crippen molar-refractivity contribution in [3.8, 4) is 17.1 Å². The van der Waals surface area contributed by atoms with Gasteiger partial charge in [0, 0.05) is 12.4 Å². The maximum Gasteiger partial charge on any atom is 0.224 e. The van der Waals surface area contributed by atoms with Crippen molar-refractivity contribution in [2.75, 3.05) is 5.73 Å². The van der Waals surface area contributed by atoms with E-state index in [9.17, 15) is 5.11 Å².